The highest BCUT2D eigenvalue weighted by atomic mass is 32.1. The molecule has 31 heavy (non-hydrogen) atoms. The van der Waals surface area contributed by atoms with E-state index in [0.717, 1.165) is 67.5 Å². The SMILES string of the molecule is Cc1noc(C)c1CN1CCN(C(=O)C2CC=CCC2c2nc3ccccc3s2)CC1. The van der Waals surface area contributed by atoms with Crippen molar-refractivity contribution < 1.29 is 9.32 Å². The highest BCUT2D eigenvalue weighted by Gasteiger charge is 2.36. The number of thiazole rings is 1. The number of aromatic nitrogens is 2. The van der Waals surface area contributed by atoms with Crippen LogP contribution in [0.1, 0.15) is 40.8 Å². The lowest BCUT2D eigenvalue weighted by Crippen LogP contribution is -2.50. The molecule has 7 heteroatoms. The monoisotopic (exact) mass is 436 g/mol. The highest BCUT2D eigenvalue weighted by Crippen LogP contribution is 2.39. The van der Waals surface area contributed by atoms with Crippen molar-refractivity contribution in [2.45, 2.75) is 39.2 Å². The zero-order chi connectivity index (χ0) is 21.4. The second-order valence-corrected chi connectivity index (χ2v) is 9.64. The van der Waals surface area contributed by atoms with Crippen LogP contribution in [0.15, 0.2) is 40.9 Å². The van der Waals surface area contributed by atoms with Crippen LogP contribution in [0.5, 0.6) is 0 Å². The van der Waals surface area contributed by atoms with Gasteiger partial charge in [-0.1, -0.05) is 29.4 Å². The predicted octanol–water partition coefficient (Wildman–Crippen LogP) is 4.30. The van der Waals surface area contributed by atoms with E-state index in [9.17, 15) is 4.79 Å². The van der Waals surface area contributed by atoms with Crippen LogP contribution in [0.25, 0.3) is 10.2 Å². The molecule has 0 N–H and O–H groups in total. The van der Waals surface area contributed by atoms with E-state index in [0.29, 0.717) is 0 Å². The molecule has 1 amide bonds. The van der Waals surface area contributed by atoms with E-state index in [1.807, 2.05) is 19.9 Å². The van der Waals surface area contributed by atoms with Crippen molar-refractivity contribution in [1.82, 2.24) is 19.9 Å². The molecule has 1 aliphatic carbocycles. The van der Waals surface area contributed by atoms with Gasteiger partial charge < -0.3 is 9.42 Å². The zero-order valence-electron chi connectivity index (χ0n) is 18.1. The molecule has 2 aliphatic rings. The maximum Gasteiger partial charge on any atom is 0.226 e. The summed E-state index contributed by atoms with van der Waals surface area (Å²) in [4.78, 5) is 22.8. The van der Waals surface area contributed by atoms with Gasteiger partial charge in [0.15, 0.2) is 0 Å². The van der Waals surface area contributed by atoms with Gasteiger partial charge in [-0.25, -0.2) is 4.98 Å². The molecule has 0 radical (unpaired) electrons. The molecule has 0 spiro atoms. The fraction of sp³-hybridized carbons (Fsp3) is 0.458. The fourth-order valence-electron chi connectivity index (χ4n) is 4.72. The molecular formula is C24H28N4O2S. The Kier molecular flexibility index (Phi) is 5.63. The van der Waals surface area contributed by atoms with Crippen molar-refractivity contribution in [3.63, 3.8) is 0 Å². The zero-order valence-corrected chi connectivity index (χ0v) is 18.9. The number of aryl methyl sites for hydroxylation is 2. The Labute approximate surface area is 186 Å². The van der Waals surface area contributed by atoms with E-state index in [1.165, 1.54) is 10.3 Å². The molecule has 3 heterocycles. The van der Waals surface area contributed by atoms with E-state index in [4.69, 9.17) is 9.51 Å². The van der Waals surface area contributed by atoms with Gasteiger partial charge in [0.05, 0.1) is 26.8 Å². The molecule has 2 atom stereocenters. The minimum absolute atomic E-state index is 0.0142. The third-order valence-electron chi connectivity index (χ3n) is 6.62. The number of fused-ring (bicyclic) bond motifs is 1. The Bertz CT molecular complexity index is 1060. The van der Waals surface area contributed by atoms with E-state index >= 15 is 0 Å². The van der Waals surface area contributed by atoms with Gasteiger partial charge in [0, 0.05) is 44.2 Å². The average Bonchev–Trinajstić information content (AvgIpc) is 3.38. The van der Waals surface area contributed by atoms with E-state index in [-0.39, 0.29) is 17.7 Å². The van der Waals surface area contributed by atoms with Gasteiger partial charge in [-0.3, -0.25) is 9.69 Å². The second kappa shape index (κ2) is 8.55. The number of para-hydroxylation sites is 1. The summed E-state index contributed by atoms with van der Waals surface area (Å²) in [5, 5.41) is 5.16. The third kappa shape index (κ3) is 4.04. The number of carbonyl (C=O) groups is 1. The average molecular weight is 437 g/mol. The van der Waals surface area contributed by atoms with Crippen LogP contribution in [-0.2, 0) is 11.3 Å². The molecule has 162 valence electrons. The molecule has 0 bridgehead atoms. The Morgan fingerprint density at radius 1 is 1.13 bits per heavy atom. The molecule has 3 aromatic rings. The third-order valence-corrected chi connectivity index (χ3v) is 7.79. The first-order valence-electron chi connectivity index (χ1n) is 11.0. The second-order valence-electron chi connectivity index (χ2n) is 8.58. The number of allylic oxidation sites excluding steroid dienone is 2. The first kappa shape index (κ1) is 20.4. The maximum atomic E-state index is 13.5. The Hall–Kier alpha value is -2.51. The Balaban J connectivity index is 1.26. The molecule has 2 aromatic heterocycles. The minimum atomic E-state index is -0.0142. The summed E-state index contributed by atoms with van der Waals surface area (Å²) in [6, 6.07) is 8.25. The number of benzene rings is 1. The van der Waals surface area contributed by atoms with Gasteiger partial charge in [-0.2, -0.15) is 0 Å². The van der Waals surface area contributed by atoms with Crippen molar-refractivity contribution in [3.8, 4) is 0 Å². The molecule has 1 aromatic carbocycles. The van der Waals surface area contributed by atoms with Crippen molar-refractivity contribution in [2.24, 2.45) is 5.92 Å². The van der Waals surface area contributed by atoms with Crippen LogP contribution in [-0.4, -0.2) is 52.0 Å². The number of hydrogen-bond acceptors (Lipinski definition) is 6. The van der Waals surface area contributed by atoms with Crippen LogP contribution >= 0.6 is 11.3 Å². The summed E-state index contributed by atoms with van der Waals surface area (Å²) in [5.74, 6) is 1.34. The van der Waals surface area contributed by atoms with E-state index in [2.05, 4.69) is 45.3 Å². The number of piperazine rings is 1. The van der Waals surface area contributed by atoms with Gasteiger partial charge in [0.25, 0.3) is 0 Å². The first-order chi connectivity index (χ1) is 15.1. The van der Waals surface area contributed by atoms with Crippen LogP contribution < -0.4 is 0 Å². The van der Waals surface area contributed by atoms with Gasteiger partial charge in [-0.15, -0.1) is 11.3 Å². The number of amides is 1. The minimum Gasteiger partial charge on any atom is -0.361 e. The lowest BCUT2D eigenvalue weighted by atomic mass is 9.82. The van der Waals surface area contributed by atoms with Gasteiger partial charge in [0.1, 0.15) is 5.76 Å². The summed E-state index contributed by atoms with van der Waals surface area (Å²) < 4.78 is 6.50. The van der Waals surface area contributed by atoms with Gasteiger partial charge in [-0.05, 0) is 38.8 Å². The quantitative estimate of drug-likeness (QED) is 0.571. The topological polar surface area (TPSA) is 62.5 Å². The summed E-state index contributed by atoms with van der Waals surface area (Å²) in [6.45, 7) is 8.10. The van der Waals surface area contributed by atoms with Crippen LogP contribution in [0.2, 0.25) is 0 Å². The van der Waals surface area contributed by atoms with Crippen molar-refractivity contribution in [1.29, 1.82) is 0 Å². The summed E-state index contributed by atoms with van der Waals surface area (Å²) in [5.41, 5.74) is 3.17. The molecule has 1 saturated heterocycles. The van der Waals surface area contributed by atoms with Crippen molar-refractivity contribution >= 4 is 27.5 Å². The first-order valence-corrected chi connectivity index (χ1v) is 11.8. The maximum absolute atomic E-state index is 13.5. The number of nitrogens with zero attached hydrogens (tertiary/aromatic N) is 4. The molecular weight excluding hydrogens is 408 g/mol. The summed E-state index contributed by atoms with van der Waals surface area (Å²) in [6.07, 6.45) is 6.07. The van der Waals surface area contributed by atoms with Crippen LogP contribution in [0.3, 0.4) is 0 Å². The smallest absolute Gasteiger partial charge is 0.226 e. The van der Waals surface area contributed by atoms with Crippen molar-refractivity contribution in [3.05, 3.63) is 58.4 Å². The standard InChI is InChI=1S/C24H28N4O2S/c1-16-20(17(2)30-26-16)15-27-11-13-28(14-12-27)24(29)19-8-4-3-7-18(19)23-25-21-9-5-6-10-22(21)31-23/h3-6,9-10,18-19H,7-8,11-15H2,1-2H3. The summed E-state index contributed by atoms with van der Waals surface area (Å²) >= 11 is 1.74. The van der Waals surface area contributed by atoms with Gasteiger partial charge >= 0.3 is 0 Å². The molecule has 1 aliphatic heterocycles. The largest absolute Gasteiger partial charge is 0.361 e. The van der Waals surface area contributed by atoms with E-state index < -0.39 is 0 Å². The molecule has 6 nitrogen and oxygen atoms in total. The fourth-order valence-corrected chi connectivity index (χ4v) is 5.87. The lowest BCUT2D eigenvalue weighted by molar-refractivity contribution is -0.138. The predicted molar refractivity (Wildman–Crippen MR) is 122 cm³/mol. The molecule has 5 rings (SSSR count). The Morgan fingerprint density at radius 3 is 2.65 bits per heavy atom. The number of carbonyl (C=O) groups excluding carboxylic acids is 1. The number of rotatable bonds is 4. The van der Waals surface area contributed by atoms with Crippen LogP contribution in [0, 0.1) is 19.8 Å². The molecule has 0 saturated carbocycles. The highest BCUT2D eigenvalue weighted by molar-refractivity contribution is 7.18. The summed E-state index contributed by atoms with van der Waals surface area (Å²) in [7, 11) is 0. The van der Waals surface area contributed by atoms with Crippen LogP contribution in [0.4, 0.5) is 0 Å². The molecule has 1 fully saturated rings. The molecule has 2 unspecified atom stereocenters. The van der Waals surface area contributed by atoms with E-state index in [1.54, 1.807) is 11.3 Å². The lowest BCUT2D eigenvalue weighted by Gasteiger charge is -2.38. The number of hydrogen-bond donors (Lipinski definition) is 0. The normalized spacial score (nSPS) is 22.3. The van der Waals surface area contributed by atoms with Gasteiger partial charge in [0.2, 0.25) is 5.91 Å². The Morgan fingerprint density at radius 2 is 1.90 bits per heavy atom. The van der Waals surface area contributed by atoms with Crippen molar-refractivity contribution in [2.75, 3.05) is 26.2 Å².